The van der Waals surface area contributed by atoms with Gasteiger partial charge in [-0.05, 0) is 42.3 Å². The second-order valence-corrected chi connectivity index (χ2v) is 7.59. The van der Waals surface area contributed by atoms with Gasteiger partial charge in [0, 0.05) is 22.2 Å². The summed E-state index contributed by atoms with van der Waals surface area (Å²) in [5.74, 6) is 1.24. The monoisotopic (exact) mass is 396 g/mol. The van der Waals surface area contributed by atoms with E-state index in [1.54, 1.807) is 6.07 Å². The predicted octanol–water partition coefficient (Wildman–Crippen LogP) is 4.57. The highest BCUT2D eigenvalue weighted by Gasteiger charge is 2.14. The number of para-hydroxylation sites is 2. The maximum Gasteiger partial charge on any atom is 0.336 e. The zero-order valence-corrected chi connectivity index (χ0v) is 15.8. The summed E-state index contributed by atoms with van der Waals surface area (Å²) in [4.78, 5) is 16.5. The van der Waals surface area contributed by atoms with E-state index in [2.05, 4.69) is 15.2 Å². The molecule has 5 rings (SSSR count). The molecule has 3 aromatic heterocycles. The number of nitrogens with one attached hydrogen (secondary N) is 1. The third kappa shape index (κ3) is 2.70. The zero-order valence-electron chi connectivity index (χ0n) is 14.2. The molecule has 0 radical (unpaired) electrons. The van der Waals surface area contributed by atoms with Crippen LogP contribution < -0.4 is 5.63 Å². The van der Waals surface area contributed by atoms with E-state index in [4.69, 9.17) is 16.0 Å². The van der Waals surface area contributed by atoms with Gasteiger partial charge in [-0.1, -0.05) is 35.5 Å². The molecule has 0 saturated carbocycles. The van der Waals surface area contributed by atoms with Crippen LogP contribution in [0.1, 0.15) is 11.1 Å². The van der Waals surface area contributed by atoms with Crippen molar-refractivity contribution in [2.45, 2.75) is 17.8 Å². The quantitative estimate of drug-likeness (QED) is 0.357. The molecule has 0 spiro atoms. The van der Waals surface area contributed by atoms with Gasteiger partial charge in [0.15, 0.2) is 5.16 Å². The lowest BCUT2D eigenvalue weighted by atomic mass is 10.1. The minimum atomic E-state index is -0.375. The van der Waals surface area contributed by atoms with Gasteiger partial charge in [-0.15, -0.1) is 5.10 Å². The summed E-state index contributed by atoms with van der Waals surface area (Å²) in [6.07, 6.45) is 0. The molecule has 0 unspecified atom stereocenters. The number of nitrogens with zero attached hydrogens (tertiary/aromatic N) is 3. The second-order valence-electron chi connectivity index (χ2n) is 6.24. The van der Waals surface area contributed by atoms with Gasteiger partial charge in [0.1, 0.15) is 5.58 Å². The Balaban J connectivity index is 1.58. The maximum absolute atomic E-state index is 12.0. The summed E-state index contributed by atoms with van der Waals surface area (Å²) in [6.45, 7) is 1.88. The number of imidazole rings is 1. The number of H-pyrrole nitrogens is 1. The number of aromatic nitrogens is 4. The molecule has 0 bridgehead atoms. The van der Waals surface area contributed by atoms with E-state index in [1.807, 2.05) is 41.7 Å². The normalized spacial score (nSPS) is 11.8. The summed E-state index contributed by atoms with van der Waals surface area (Å²) >= 11 is 7.79. The Kier molecular flexibility index (Phi) is 3.73. The lowest BCUT2D eigenvalue weighted by Gasteiger charge is -2.07. The first-order valence-corrected chi connectivity index (χ1v) is 9.64. The molecule has 6 nitrogen and oxygen atoms in total. The second kappa shape index (κ2) is 6.14. The first-order valence-electron chi connectivity index (χ1n) is 8.27. The zero-order chi connectivity index (χ0) is 18.5. The van der Waals surface area contributed by atoms with Crippen molar-refractivity contribution in [3.63, 3.8) is 0 Å². The molecule has 8 heteroatoms. The molecule has 0 aliphatic carbocycles. The molecule has 0 atom stereocenters. The van der Waals surface area contributed by atoms with Crippen LogP contribution in [0.2, 0.25) is 5.02 Å². The Morgan fingerprint density at radius 3 is 3.00 bits per heavy atom. The van der Waals surface area contributed by atoms with Crippen molar-refractivity contribution in [2.24, 2.45) is 0 Å². The molecule has 1 N–H and O–H groups in total. The van der Waals surface area contributed by atoms with Gasteiger partial charge in [0.05, 0.1) is 11.0 Å². The highest BCUT2D eigenvalue weighted by atomic mass is 35.5. The SMILES string of the molecule is Cc1cc2oc(=O)cc(CSc3n[nH]c4nc5ccccc5n34)c2cc1Cl. The van der Waals surface area contributed by atoms with Gasteiger partial charge in [0.2, 0.25) is 5.78 Å². The Labute approximate surface area is 162 Å². The topological polar surface area (TPSA) is 76.2 Å². The lowest BCUT2D eigenvalue weighted by Crippen LogP contribution is -2.00. The molecule has 3 heterocycles. The Morgan fingerprint density at radius 2 is 2.11 bits per heavy atom. The fraction of sp³-hybridized carbons (Fsp3) is 0.105. The third-order valence-electron chi connectivity index (χ3n) is 4.47. The minimum absolute atomic E-state index is 0.375. The Bertz CT molecular complexity index is 1390. The average molecular weight is 397 g/mol. The first kappa shape index (κ1) is 16.4. The molecular formula is C19H13ClN4O2S. The molecular weight excluding hydrogens is 384 g/mol. The van der Waals surface area contributed by atoms with Crippen LogP contribution in [0.25, 0.3) is 27.8 Å². The Morgan fingerprint density at radius 1 is 1.26 bits per heavy atom. The van der Waals surface area contributed by atoms with Crippen molar-refractivity contribution in [1.82, 2.24) is 19.6 Å². The van der Waals surface area contributed by atoms with Crippen LogP contribution in [-0.4, -0.2) is 19.6 Å². The number of rotatable bonds is 3. The number of hydrogen-bond donors (Lipinski definition) is 1. The van der Waals surface area contributed by atoms with Crippen LogP contribution in [0.3, 0.4) is 0 Å². The standard InChI is InChI=1S/C19H13ClN4O2S/c1-10-6-16-12(8-13(10)20)11(7-17(25)26-16)9-27-19-23-22-18-21-14-4-2-3-5-15(14)24(18)19/h2-8H,9H2,1H3,(H,21,22). The van der Waals surface area contributed by atoms with E-state index >= 15 is 0 Å². The van der Waals surface area contributed by atoms with Gasteiger partial charge in [-0.3, -0.25) is 4.40 Å². The van der Waals surface area contributed by atoms with Crippen molar-refractivity contribution in [3.8, 4) is 0 Å². The van der Waals surface area contributed by atoms with E-state index in [0.29, 0.717) is 22.1 Å². The van der Waals surface area contributed by atoms with Crippen molar-refractivity contribution < 1.29 is 4.42 Å². The molecule has 0 saturated heterocycles. The molecule has 27 heavy (non-hydrogen) atoms. The highest BCUT2D eigenvalue weighted by Crippen LogP contribution is 2.30. The molecule has 0 aliphatic rings. The van der Waals surface area contributed by atoms with E-state index in [1.165, 1.54) is 17.8 Å². The number of halogens is 1. The third-order valence-corrected chi connectivity index (χ3v) is 5.86. The highest BCUT2D eigenvalue weighted by molar-refractivity contribution is 7.98. The average Bonchev–Trinajstić information content (AvgIpc) is 3.20. The summed E-state index contributed by atoms with van der Waals surface area (Å²) in [7, 11) is 0. The van der Waals surface area contributed by atoms with Gasteiger partial charge < -0.3 is 4.42 Å². The first-order chi connectivity index (χ1) is 13.1. The van der Waals surface area contributed by atoms with E-state index < -0.39 is 0 Å². The largest absolute Gasteiger partial charge is 0.423 e. The molecule has 2 aromatic carbocycles. The van der Waals surface area contributed by atoms with Crippen LogP contribution in [-0.2, 0) is 5.75 Å². The smallest absolute Gasteiger partial charge is 0.336 e. The molecule has 0 aliphatic heterocycles. The fourth-order valence-electron chi connectivity index (χ4n) is 3.15. The van der Waals surface area contributed by atoms with Crippen LogP contribution in [0, 0.1) is 6.92 Å². The lowest BCUT2D eigenvalue weighted by molar-refractivity contribution is 0.559. The fourth-order valence-corrected chi connectivity index (χ4v) is 4.26. The number of aryl methyl sites for hydroxylation is 1. The summed E-state index contributed by atoms with van der Waals surface area (Å²) in [5.41, 5.74) is 3.78. The summed E-state index contributed by atoms with van der Waals surface area (Å²) < 4.78 is 7.31. The number of benzene rings is 2. The maximum atomic E-state index is 12.0. The van der Waals surface area contributed by atoms with Crippen LogP contribution in [0.4, 0.5) is 0 Å². The van der Waals surface area contributed by atoms with Crippen molar-refractivity contribution >= 4 is 51.1 Å². The van der Waals surface area contributed by atoms with E-state index in [9.17, 15) is 4.79 Å². The Hall–Kier alpha value is -2.77. The van der Waals surface area contributed by atoms with E-state index in [-0.39, 0.29) is 5.63 Å². The van der Waals surface area contributed by atoms with Crippen LogP contribution >= 0.6 is 23.4 Å². The molecule has 5 aromatic rings. The molecule has 0 fully saturated rings. The van der Waals surface area contributed by atoms with Gasteiger partial charge in [0.25, 0.3) is 0 Å². The van der Waals surface area contributed by atoms with E-state index in [0.717, 1.165) is 32.7 Å². The number of aromatic amines is 1. The molecule has 134 valence electrons. The van der Waals surface area contributed by atoms with Crippen LogP contribution in [0.15, 0.2) is 56.8 Å². The van der Waals surface area contributed by atoms with Crippen molar-refractivity contribution in [2.75, 3.05) is 0 Å². The summed E-state index contributed by atoms with van der Waals surface area (Å²) in [6, 6.07) is 13.0. The number of fused-ring (bicyclic) bond motifs is 4. The molecule has 0 amide bonds. The van der Waals surface area contributed by atoms with Crippen molar-refractivity contribution in [3.05, 3.63) is 69.0 Å². The van der Waals surface area contributed by atoms with Crippen LogP contribution in [0.5, 0.6) is 0 Å². The van der Waals surface area contributed by atoms with Crippen molar-refractivity contribution in [1.29, 1.82) is 0 Å². The number of hydrogen-bond acceptors (Lipinski definition) is 5. The minimum Gasteiger partial charge on any atom is -0.423 e. The van der Waals surface area contributed by atoms with Gasteiger partial charge in [-0.2, -0.15) is 0 Å². The number of thioether (sulfide) groups is 1. The predicted molar refractivity (Wildman–Crippen MR) is 107 cm³/mol. The van der Waals surface area contributed by atoms with Gasteiger partial charge >= 0.3 is 5.63 Å². The summed E-state index contributed by atoms with van der Waals surface area (Å²) in [5, 5.41) is 9.58. The van der Waals surface area contributed by atoms with Gasteiger partial charge in [-0.25, -0.2) is 14.9 Å².